The van der Waals surface area contributed by atoms with Gasteiger partial charge in [0.1, 0.15) is 20.3 Å². The van der Waals surface area contributed by atoms with Gasteiger partial charge >= 0.3 is 0 Å². The Kier molecular flexibility index (Phi) is 8.79. The molecule has 1 saturated heterocycles. The fourth-order valence-corrected chi connectivity index (χ4v) is 12.1. The average molecular weight is 516 g/mol. The van der Waals surface area contributed by atoms with Gasteiger partial charge in [-0.3, -0.25) is 0 Å². The summed E-state index contributed by atoms with van der Waals surface area (Å²) in [6.45, 7) is 19.9. The van der Waals surface area contributed by atoms with Crippen LogP contribution < -0.4 is 0 Å². The zero-order chi connectivity index (χ0) is 26.1. The molecule has 1 aromatic heterocycles. The highest BCUT2D eigenvalue weighted by Crippen LogP contribution is 2.46. The summed E-state index contributed by atoms with van der Waals surface area (Å²) in [5.74, 6) is 2.91. The van der Waals surface area contributed by atoms with E-state index in [1.807, 2.05) is 24.3 Å². The summed E-state index contributed by atoms with van der Waals surface area (Å²) >= 11 is 0. The second kappa shape index (κ2) is 10.9. The molecule has 0 bridgehead atoms. The lowest BCUT2D eigenvalue weighted by Crippen LogP contribution is -2.61. The van der Waals surface area contributed by atoms with Crippen molar-refractivity contribution in [3.05, 3.63) is 36.0 Å². The van der Waals surface area contributed by atoms with Crippen LogP contribution in [-0.2, 0) is 9.16 Å². The predicted molar refractivity (Wildman–Crippen MR) is 150 cm³/mol. The maximum absolute atomic E-state index is 11.9. The van der Waals surface area contributed by atoms with Gasteiger partial charge in [-0.05, 0) is 34.1 Å². The number of hydrogen-bond acceptors (Lipinski definition) is 4. The molecule has 7 heteroatoms. The summed E-state index contributed by atoms with van der Waals surface area (Å²) in [5.41, 5.74) is 6.38. The number of nitrogens with one attached hydrogen (secondary N) is 1. The fraction of sp³-hybridized carbons (Fsp3) is 0.643. The average Bonchev–Trinajstić information content (AvgIpc) is 3.18. The zero-order valence-corrected chi connectivity index (χ0v) is 24.9. The van der Waals surface area contributed by atoms with Gasteiger partial charge in [-0.25, -0.2) is 0 Å². The summed E-state index contributed by atoms with van der Waals surface area (Å²) in [7, 11) is -4.03. The van der Waals surface area contributed by atoms with Crippen molar-refractivity contribution in [3.8, 4) is 11.5 Å². The number of aliphatic hydroxyl groups excluding tert-OH is 2. The molecular formula is C28H45NO4Si2. The lowest BCUT2D eigenvalue weighted by atomic mass is 9.84. The Balaban J connectivity index is 2.11. The highest BCUT2D eigenvalue weighted by molar-refractivity contribution is 6.83. The summed E-state index contributed by atoms with van der Waals surface area (Å²) < 4.78 is 13.6. The van der Waals surface area contributed by atoms with Crippen LogP contribution in [0.15, 0.2) is 30.3 Å². The number of aliphatic hydroxyl groups is 2. The Morgan fingerprint density at radius 3 is 2.14 bits per heavy atom. The molecule has 0 amide bonds. The molecule has 1 fully saturated rings. The van der Waals surface area contributed by atoms with Crippen LogP contribution in [0.5, 0.6) is 0 Å². The third-order valence-corrected chi connectivity index (χ3v) is 14.4. The maximum Gasteiger partial charge on any atom is 0.201 e. The van der Waals surface area contributed by atoms with Gasteiger partial charge in [0.15, 0.2) is 0 Å². The lowest BCUT2D eigenvalue weighted by molar-refractivity contribution is -0.166. The number of H-pyrrole nitrogens is 1. The summed E-state index contributed by atoms with van der Waals surface area (Å²) in [6, 6.07) is 10.1. The molecule has 0 saturated carbocycles. The summed E-state index contributed by atoms with van der Waals surface area (Å²) in [6.07, 6.45) is -2.61. The van der Waals surface area contributed by atoms with Crippen LogP contribution in [-0.4, -0.2) is 62.6 Å². The molecule has 0 radical (unpaired) electrons. The topological polar surface area (TPSA) is 74.7 Å². The predicted octanol–water partition coefficient (Wildman–Crippen LogP) is 5.81. The zero-order valence-electron chi connectivity index (χ0n) is 22.9. The van der Waals surface area contributed by atoms with Crippen LogP contribution in [0.2, 0.25) is 36.3 Å². The minimum atomic E-state index is -2.34. The quantitative estimate of drug-likeness (QED) is 0.321. The van der Waals surface area contributed by atoms with Gasteiger partial charge in [0.2, 0.25) is 8.32 Å². The molecule has 0 spiro atoms. The van der Waals surface area contributed by atoms with E-state index in [1.165, 1.54) is 0 Å². The third kappa shape index (κ3) is 5.79. The molecule has 5 nitrogen and oxygen atoms in total. The number of fused-ring (bicyclic) bond motifs is 1. The summed E-state index contributed by atoms with van der Waals surface area (Å²) in [4.78, 5) is 3.46. The van der Waals surface area contributed by atoms with Crippen molar-refractivity contribution < 1.29 is 19.4 Å². The van der Waals surface area contributed by atoms with E-state index in [4.69, 9.17) is 9.16 Å². The van der Waals surface area contributed by atoms with E-state index in [9.17, 15) is 10.2 Å². The van der Waals surface area contributed by atoms with E-state index in [2.05, 4.69) is 83.7 Å². The number of ether oxygens (including phenoxy) is 1. The van der Waals surface area contributed by atoms with Gasteiger partial charge < -0.3 is 24.4 Å². The lowest BCUT2D eigenvalue weighted by Gasteiger charge is -2.50. The van der Waals surface area contributed by atoms with Crippen LogP contribution in [0.1, 0.15) is 53.2 Å². The van der Waals surface area contributed by atoms with E-state index in [0.717, 1.165) is 16.6 Å². The molecule has 1 aliphatic rings. The fourth-order valence-electron chi connectivity index (χ4n) is 5.95. The van der Waals surface area contributed by atoms with E-state index in [0.29, 0.717) is 16.6 Å². The molecule has 194 valence electrons. The van der Waals surface area contributed by atoms with E-state index in [-0.39, 0.29) is 6.61 Å². The molecule has 1 aliphatic heterocycles. The maximum atomic E-state index is 11.9. The summed E-state index contributed by atoms with van der Waals surface area (Å²) in [5, 5.41) is 23.3. The second-order valence-corrected chi connectivity index (χ2v) is 22.2. The normalized spacial score (nSPS) is 25.9. The highest BCUT2D eigenvalue weighted by Gasteiger charge is 2.53. The Morgan fingerprint density at radius 2 is 1.63 bits per heavy atom. The van der Waals surface area contributed by atoms with Crippen molar-refractivity contribution in [3.63, 3.8) is 0 Å². The first kappa shape index (κ1) is 28.2. The van der Waals surface area contributed by atoms with Gasteiger partial charge in [-0.1, -0.05) is 85.3 Å². The van der Waals surface area contributed by atoms with Crippen molar-refractivity contribution >= 4 is 27.3 Å². The van der Waals surface area contributed by atoms with Crippen LogP contribution >= 0.6 is 0 Å². The van der Waals surface area contributed by atoms with Crippen LogP contribution in [0.4, 0.5) is 0 Å². The minimum absolute atomic E-state index is 0.198. The first-order chi connectivity index (χ1) is 16.3. The van der Waals surface area contributed by atoms with Crippen molar-refractivity contribution in [2.75, 3.05) is 6.61 Å². The van der Waals surface area contributed by atoms with Crippen molar-refractivity contribution in [1.29, 1.82) is 0 Å². The number of hydrogen-bond donors (Lipinski definition) is 3. The number of rotatable bonds is 7. The first-order valence-electron chi connectivity index (χ1n) is 13.0. The van der Waals surface area contributed by atoms with E-state index in [1.54, 1.807) is 0 Å². The Labute approximate surface area is 213 Å². The number of benzene rings is 1. The molecule has 35 heavy (non-hydrogen) atoms. The molecule has 2 aromatic rings. The van der Waals surface area contributed by atoms with E-state index >= 15 is 0 Å². The largest absolute Gasteiger partial charge is 0.407 e. The standard InChI is InChI=1S/C28H45NO4Si2/c1-18(2)35(19(3)4,20(5)6)33-28-24(14-15-34(7,8)9)32-25(17-30)26(27(28)31)23-16-21-12-10-11-13-22(21)29-23/h10-13,16,18-20,24-31H,17H2,1-9H3/t24-,25+,26+,27-,28-/m0/s1. The van der Waals surface area contributed by atoms with Gasteiger partial charge in [-0.15, -0.1) is 5.54 Å². The Hall–Kier alpha value is -1.41. The van der Waals surface area contributed by atoms with Crippen LogP contribution in [0, 0.1) is 11.5 Å². The third-order valence-electron chi connectivity index (χ3n) is 7.45. The molecule has 2 heterocycles. The monoisotopic (exact) mass is 515 g/mol. The van der Waals surface area contributed by atoms with E-state index < -0.39 is 46.7 Å². The minimum Gasteiger partial charge on any atom is -0.407 e. The van der Waals surface area contributed by atoms with Gasteiger partial charge in [0.05, 0.1) is 24.7 Å². The molecule has 5 atom stereocenters. The highest BCUT2D eigenvalue weighted by atomic mass is 28.4. The van der Waals surface area contributed by atoms with Crippen molar-refractivity contribution in [2.24, 2.45) is 0 Å². The van der Waals surface area contributed by atoms with Crippen LogP contribution in [0.3, 0.4) is 0 Å². The molecular weight excluding hydrogens is 470 g/mol. The SMILES string of the molecule is CC(C)[Si](O[C@@H]1[C@@H](O)[C@H](c2cc3ccccc3[nH]2)[C@@H](CO)O[C@H]1C#C[Si](C)(C)C)(C(C)C)C(C)C. The van der Waals surface area contributed by atoms with Gasteiger partial charge in [0, 0.05) is 11.2 Å². The molecule has 3 N–H and O–H groups in total. The Bertz CT molecular complexity index is 992. The Morgan fingerprint density at radius 1 is 1.03 bits per heavy atom. The number of aromatic amines is 1. The van der Waals surface area contributed by atoms with Gasteiger partial charge in [0.25, 0.3) is 0 Å². The molecule has 1 aromatic carbocycles. The number of para-hydroxylation sites is 1. The molecule has 3 rings (SSSR count). The van der Waals surface area contributed by atoms with Crippen molar-refractivity contribution in [2.45, 2.75) is 108 Å². The van der Waals surface area contributed by atoms with Crippen molar-refractivity contribution in [1.82, 2.24) is 4.98 Å². The molecule has 0 unspecified atom stereocenters. The number of aromatic nitrogens is 1. The smallest absolute Gasteiger partial charge is 0.201 e. The molecule has 0 aliphatic carbocycles. The van der Waals surface area contributed by atoms with Gasteiger partial charge in [-0.2, -0.15) is 0 Å². The first-order valence-corrected chi connectivity index (χ1v) is 18.7. The second-order valence-electron chi connectivity index (χ2n) is 12.0. The van der Waals surface area contributed by atoms with Crippen LogP contribution in [0.25, 0.3) is 10.9 Å².